The molecule has 12 nitrogen and oxygen atoms in total. The first-order chi connectivity index (χ1) is 24.3. The number of rotatable bonds is 15. The Labute approximate surface area is 302 Å². The number of anilines is 1. The lowest BCUT2D eigenvalue weighted by atomic mass is 9.94. The third kappa shape index (κ3) is 8.38. The van der Waals surface area contributed by atoms with Gasteiger partial charge in [0, 0.05) is 51.8 Å². The second-order valence-electron chi connectivity index (χ2n) is 12.5. The predicted molar refractivity (Wildman–Crippen MR) is 196 cm³/mol. The van der Waals surface area contributed by atoms with Gasteiger partial charge in [-0.25, -0.2) is 9.67 Å². The number of fused-ring (bicyclic) bond motifs is 1. The van der Waals surface area contributed by atoms with E-state index in [0.717, 1.165) is 68.0 Å². The van der Waals surface area contributed by atoms with Crippen LogP contribution in [0.5, 0.6) is 5.75 Å². The lowest BCUT2D eigenvalue weighted by Gasteiger charge is -2.34. The summed E-state index contributed by atoms with van der Waals surface area (Å²) in [5, 5.41) is 16.1. The highest BCUT2D eigenvalue weighted by atomic mass is 35.5. The largest absolute Gasteiger partial charge is 0.496 e. The number of imidazole rings is 1. The number of benzene rings is 3. The van der Waals surface area contributed by atoms with Crippen LogP contribution in [0.15, 0.2) is 67.0 Å². The normalized spacial score (nSPS) is 14.6. The number of piperidine rings is 1. The van der Waals surface area contributed by atoms with Crippen molar-refractivity contribution in [2.75, 3.05) is 58.9 Å². The Morgan fingerprint density at radius 3 is 2.62 bits per heavy atom. The summed E-state index contributed by atoms with van der Waals surface area (Å²) in [6, 6.07) is 19.6. The Morgan fingerprint density at radius 2 is 1.88 bits per heavy atom. The topological polar surface area (TPSA) is 115 Å². The van der Waals surface area contributed by atoms with E-state index in [4.69, 9.17) is 37.7 Å². The molecule has 3 aromatic carbocycles. The van der Waals surface area contributed by atoms with E-state index in [9.17, 15) is 4.79 Å². The summed E-state index contributed by atoms with van der Waals surface area (Å²) in [7, 11) is 3.37. The van der Waals surface area contributed by atoms with Crippen LogP contribution in [0, 0.1) is 0 Å². The van der Waals surface area contributed by atoms with E-state index >= 15 is 0 Å². The molecule has 2 aromatic heterocycles. The van der Waals surface area contributed by atoms with Gasteiger partial charge < -0.3 is 29.2 Å². The van der Waals surface area contributed by atoms with E-state index in [0.29, 0.717) is 52.8 Å². The maximum absolute atomic E-state index is 13.9. The van der Waals surface area contributed by atoms with Crippen LogP contribution in [0.4, 0.5) is 5.95 Å². The molecule has 1 unspecified atom stereocenters. The van der Waals surface area contributed by atoms with Crippen molar-refractivity contribution in [3.05, 3.63) is 88.2 Å². The first-order valence-electron chi connectivity index (χ1n) is 17.0. The minimum atomic E-state index is -0.166. The maximum Gasteiger partial charge on any atom is 0.257 e. The van der Waals surface area contributed by atoms with Gasteiger partial charge in [0.15, 0.2) is 0 Å². The Bertz CT molecular complexity index is 1880. The van der Waals surface area contributed by atoms with Crippen molar-refractivity contribution < 1.29 is 14.3 Å². The molecule has 3 heterocycles. The lowest BCUT2D eigenvalue weighted by molar-refractivity contribution is 0.0778. The molecule has 0 radical (unpaired) electrons. The molecular weight excluding hydrogens is 677 g/mol. The molecule has 0 bridgehead atoms. The zero-order valence-electron chi connectivity index (χ0n) is 28.6. The molecule has 264 valence electrons. The van der Waals surface area contributed by atoms with Gasteiger partial charge in [0.1, 0.15) is 12.1 Å². The summed E-state index contributed by atoms with van der Waals surface area (Å²) in [5.41, 5.74) is 4.23. The number of carbonyl (C=O) groups excluding carboxylic acids is 1. The molecule has 1 aliphatic rings. The van der Waals surface area contributed by atoms with E-state index in [1.54, 1.807) is 24.1 Å². The van der Waals surface area contributed by atoms with Gasteiger partial charge in [-0.3, -0.25) is 4.79 Å². The molecule has 1 amide bonds. The number of halogens is 2. The highest BCUT2D eigenvalue weighted by Crippen LogP contribution is 2.31. The fraction of sp³-hybridized carbons (Fsp3) is 0.417. The molecule has 0 aliphatic carbocycles. The van der Waals surface area contributed by atoms with Crippen LogP contribution in [0.1, 0.15) is 48.0 Å². The predicted octanol–water partition coefficient (Wildman–Crippen LogP) is 6.19. The molecule has 1 N–H and O–H groups in total. The number of ether oxygens (including phenoxy) is 2. The number of tetrazole rings is 1. The Morgan fingerprint density at radius 1 is 1.06 bits per heavy atom. The highest BCUT2D eigenvalue weighted by Gasteiger charge is 2.26. The van der Waals surface area contributed by atoms with Crippen LogP contribution < -0.4 is 10.1 Å². The number of amides is 1. The summed E-state index contributed by atoms with van der Waals surface area (Å²) in [4.78, 5) is 23.0. The number of aromatic nitrogens is 6. The summed E-state index contributed by atoms with van der Waals surface area (Å²) >= 11 is 12.8. The number of nitrogens with one attached hydrogen (secondary N) is 1. The number of carbonyl (C=O) groups is 1. The highest BCUT2D eigenvalue weighted by molar-refractivity contribution is 6.42. The number of nitrogens with zero attached hydrogens (tertiary/aromatic N) is 8. The van der Waals surface area contributed by atoms with Crippen LogP contribution in [-0.2, 0) is 11.3 Å². The van der Waals surface area contributed by atoms with Gasteiger partial charge >= 0.3 is 0 Å². The quantitative estimate of drug-likeness (QED) is 0.127. The second kappa shape index (κ2) is 16.7. The molecular formula is C36H43Cl2N9O3. The van der Waals surface area contributed by atoms with Gasteiger partial charge in [-0.1, -0.05) is 41.4 Å². The van der Waals surface area contributed by atoms with Crippen molar-refractivity contribution >= 4 is 46.1 Å². The average Bonchev–Trinajstić information content (AvgIpc) is 3.80. The maximum atomic E-state index is 13.9. The second-order valence-corrected chi connectivity index (χ2v) is 13.3. The third-order valence-corrected chi connectivity index (χ3v) is 10.1. The van der Waals surface area contributed by atoms with E-state index < -0.39 is 0 Å². The van der Waals surface area contributed by atoms with Gasteiger partial charge in [-0.15, -0.1) is 5.10 Å². The molecule has 6 rings (SSSR count). The Balaban J connectivity index is 1.11. The van der Waals surface area contributed by atoms with Crippen molar-refractivity contribution in [3.8, 4) is 11.4 Å². The van der Waals surface area contributed by atoms with Crippen LogP contribution in [-0.4, -0.2) is 105 Å². The molecule has 5 aromatic rings. The fourth-order valence-electron chi connectivity index (χ4n) is 6.57. The van der Waals surface area contributed by atoms with Crippen molar-refractivity contribution in [3.63, 3.8) is 0 Å². The fourth-order valence-corrected chi connectivity index (χ4v) is 6.87. The van der Waals surface area contributed by atoms with Gasteiger partial charge in [0.2, 0.25) is 5.95 Å². The molecule has 1 fully saturated rings. The van der Waals surface area contributed by atoms with Gasteiger partial charge in [0.25, 0.3) is 5.91 Å². The molecule has 1 aliphatic heterocycles. The molecule has 1 saturated heterocycles. The minimum Gasteiger partial charge on any atom is -0.496 e. The Kier molecular flexibility index (Phi) is 11.9. The smallest absolute Gasteiger partial charge is 0.257 e. The Hall–Kier alpha value is -4.23. The molecule has 0 saturated carbocycles. The van der Waals surface area contributed by atoms with Gasteiger partial charge in [-0.05, 0) is 91.2 Å². The van der Waals surface area contributed by atoms with Crippen LogP contribution in [0.2, 0.25) is 10.0 Å². The van der Waals surface area contributed by atoms with Crippen LogP contribution in [0.3, 0.4) is 0 Å². The summed E-state index contributed by atoms with van der Waals surface area (Å²) in [6.45, 7) is 7.38. The molecule has 50 heavy (non-hydrogen) atoms. The molecule has 1 atom stereocenters. The average molecular weight is 721 g/mol. The first kappa shape index (κ1) is 35.6. The minimum absolute atomic E-state index is 0.0218. The third-order valence-electron chi connectivity index (χ3n) is 9.32. The number of para-hydroxylation sites is 2. The first-order valence-corrected chi connectivity index (χ1v) is 17.7. The van der Waals surface area contributed by atoms with Crippen molar-refractivity contribution in [1.29, 1.82) is 0 Å². The summed E-state index contributed by atoms with van der Waals surface area (Å²) < 4.78 is 15.0. The van der Waals surface area contributed by atoms with Crippen molar-refractivity contribution in [1.82, 2.24) is 39.6 Å². The number of hydrogen-bond donors (Lipinski definition) is 1. The van der Waals surface area contributed by atoms with E-state index in [-0.39, 0.29) is 11.8 Å². The van der Waals surface area contributed by atoms with Crippen LogP contribution >= 0.6 is 23.2 Å². The van der Waals surface area contributed by atoms with Crippen LogP contribution in [0.25, 0.3) is 16.7 Å². The molecule has 14 heteroatoms. The zero-order valence-corrected chi connectivity index (χ0v) is 30.1. The zero-order chi connectivity index (χ0) is 35.0. The molecule has 0 spiro atoms. The number of methoxy groups -OCH3 is 1. The van der Waals surface area contributed by atoms with E-state index in [2.05, 4.69) is 48.5 Å². The lowest BCUT2D eigenvalue weighted by Crippen LogP contribution is -2.40. The van der Waals surface area contributed by atoms with Crippen molar-refractivity contribution in [2.45, 2.75) is 44.7 Å². The SMILES string of the molecule is CCOCCn1c(NC2CCN(CCC(CN(C)C(=O)c3cc(-n4cnnn4)ccc3OC)c3ccc(Cl)c(Cl)c3)CC2)nc2ccccc21. The van der Waals surface area contributed by atoms with E-state index in [1.165, 1.54) is 11.0 Å². The number of likely N-dealkylation sites (tertiary alicyclic amines) is 1. The number of hydrogen-bond acceptors (Lipinski definition) is 9. The standard InChI is InChI=1S/C36H43Cl2N9O3/c1-4-50-20-19-46-33-8-6-5-7-32(33)41-36(46)40-27-14-17-45(18-15-27)16-13-26(25-9-11-30(37)31(38)21-25)23-44(2)35(48)29-22-28(10-12-34(29)49-3)47-24-39-42-43-47/h5-12,21-22,24,26-27H,4,13-20,23H2,1-3H3,(H,40,41). The van der Waals surface area contributed by atoms with E-state index in [1.807, 2.05) is 44.3 Å². The monoisotopic (exact) mass is 719 g/mol. The summed E-state index contributed by atoms with van der Waals surface area (Å²) in [6.07, 6.45) is 4.33. The summed E-state index contributed by atoms with van der Waals surface area (Å²) in [5.74, 6) is 1.23. The number of likely N-dealkylation sites (N-methyl/N-ethyl adjacent to an activating group) is 1. The van der Waals surface area contributed by atoms with Gasteiger partial charge in [-0.2, -0.15) is 0 Å². The van der Waals surface area contributed by atoms with Gasteiger partial charge in [0.05, 0.1) is 46.0 Å². The van der Waals surface area contributed by atoms with Crippen molar-refractivity contribution in [2.24, 2.45) is 0 Å².